The second kappa shape index (κ2) is 5.90. The molecule has 0 radical (unpaired) electrons. The quantitative estimate of drug-likeness (QED) is 0.803. The Labute approximate surface area is 113 Å². The minimum absolute atomic E-state index is 0.126. The molecule has 1 saturated carbocycles. The lowest BCUT2D eigenvalue weighted by molar-refractivity contribution is -0.144. The first kappa shape index (κ1) is 15.9. The maximum atomic E-state index is 12.0. The van der Waals surface area contributed by atoms with E-state index >= 15 is 0 Å². The van der Waals surface area contributed by atoms with Crippen LogP contribution in [-0.2, 0) is 19.4 Å². The number of hydrogen-bond donors (Lipinski definition) is 1. The van der Waals surface area contributed by atoms with E-state index in [4.69, 9.17) is 5.11 Å². The smallest absolute Gasteiger partial charge is 0.305 e. The minimum Gasteiger partial charge on any atom is -0.481 e. The average molecular weight is 291 g/mol. The molecule has 1 aliphatic rings. The summed E-state index contributed by atoms with van der Waals surface area (Å²) in [6.45, 7) is 0. The van der Waals surface area contributed by atoms with Crippen molar-refractivity contribution in [3.05, 3.63) is 0 Å². The fourth-order valence-electron chi connectivity index (χ4n) is 2.71. The monoisotopic (exact) mass is 291 g/mol. The summed E-state index contributed by atoms with van der Waals surface area (Å²) >= 11 is 0. The zero-order chi connectivity index (χ0) is 14.7. The van der Waals surface area contributed by atoms with Gasteiger partial charge in [-0.1, -0.05) is 19.3 Å². The standard InChI is InChI=1S/C12H21NO5S/c1-13(10(14)9-19(2,17)18)12(8-11(15)16)6-4-3-5-7-12/h3-9H2,1-2H3,(H,15,16). The zero-order valence-corrected chi connectivity index (χ0v) is 12.2. The summed E-state index contributed by atoms with van der Waals surface area (Å²) in [5.74, 6) is -2.04. The molecule has 1 rings (SSSR count). The SMILES string of the molecule is CN(C(=O)CS(C)(=O)=O)C1(CC(=O)O)CCCCC1. The molecule has 6 nitrogen and oxygen atoms in total. The third-order valence-electron chi connectivity index (χ3n) is 3.74. The largest absolute Gasteiger partial charge is 0.481 e. The summed E-state index contributed by atoms with van der Waals surface area (Å²) in [6, 6.07) is 0. The van der Waals surface area contributed by atoms with Crippen LogP contribution in [0.4, 0.5) is 0 Å². The minimum atomic E-state index is -3.40. The molecule has 1 N–H and O–H groups in total. The van der Waals surface area contributed by atoms with Crippen molar-refractivity contribution in [2.24, 2.45) is 0 Å². The molecule has 1 amide bonds. The summed E-state index contributed by atoms with van der Waals surface area (Å²) in [5.41, 5.74) is -0.730. The Morgan fingerprint density at radius 2 is 1.74 bits per heavy atom. The van der Waals surface area contributed by atoms with Crippen LogP contribution in [0.5, 0.6) is 0 Å². The molecule has 19 heavy (non-hydrogen) atoms. The van der Waals surface area contributed by atoms with E-state index in [1.165, 1.54) is 11.9 Å². The van der Waals surface area contributed by atoms with Crippen molar-refractivity contribution in [3.63, 3.8) is 0 Å². The van der Waals surface area contributed by atoms with Crippen molar-refractivity contribution in [3.8, 4) is 0 Å². The maximum Gasteiger partial charge on any atom is 0.305 e. The van der Waals surface area contributed by atoms with Crippen molar-refractivity contribution < 1.29 is 23.1 Å². The first-order valence-corrected chi connectivity index (χ1v) is 8.38. The Kier molecular flexibility index (Phi) is 4.95. The molecular formula is C12H21NO5S. The van der Waals surface area contributed by atoms with E-state index in [0.717, 1.165) is 25.5 Å². The third-order valence-corrected chi connectivity index (χ3v) is 4.51. The number of carboxylic acids is 1. The number of carboxylic acid groups (broad SMARTS) is 1. The lowest BCUT2D eigenvalue weighted by Crippen LogP contribution is -2.53. The average Bonchev–Trinajstić information content (AvgIpc) is 2.26. The molecule has 0 aliphatic heterocycles. The summed E-state index contributed by atoms with van der Waals surface area (Å²) in [5, 5.41) is 9.04. The fourth-order valence-corrected chi connectivity index (χ4v) is 3.35. The summed E-state index contributed by atoms with van der Waals surface area (Å²) in [7, 11) is -1.89. The summed E-state index contributed by atoms with van der Waals surface area (Å²) in [4.78, 5) is 24.4. The lowest BCUT2D eigenvalue weighted by Gasteiger charge is -2.43. The predicted molar refractivity (Wildman–Crippen MR) is 70.5 cm³/mol. The number of nitrogens with zero attached hydrogens (tertiary/aromatic N) is 1. The number of aliphatic carboxylic acids is 1. The van der Waals surface area contributed by atoms with Crippen molar-refractivity contribution >= 4 is 21.7 Å². The van der Waals surface area contributed by atoms with Crippen LogP contribution < -0.4 is 0 Å². The van der Waals surface area contributed by atoms with Crippen LogP contribution in [0.1, 0.15) is 38.5 Å². The molecular weight excluding hydrogens is 270 g/mol. The van der Waals surface area contributed by atoms with Gasteiger partial charge < -0.3 is 10.0 Å². The number of hydrogen-bond acceptors (Lipinski definition) is 4. The second-order valence-corrected chi connectivity index (χ2v) is 7.52. The van der Waals surface area contributed by atoms with E-state index in [0.29, 0.717) is 12.8 Å². The van der Waals surface area contributed by atoms with Crippen molar-refractivity contribution in [1.29, 1.82) is 0 Å². The highest BCUT2D eigenvalue weighted by Crippen LogP contribution is 2.36. The van der Waals surface area contributed by atoms with Gasteiger partial charge in [-0.15, -0.1) is 0 Å². The summed E-state index contributed by atoms with van der Waals surface area (Å²) < 4.78 is 22.4. The normalized spacial score (nSPS) is 18.8. The van der Waals surface area contributed by atoms with E-state index in [2.05, 4.69) is 0 Å². The van der Waals surface area contributed by atoms with E-state index < -0.39 is 33.0 Å². The van der Waals surface area contributed by atoms with Gasteiger partial charge in [0, 0.05) is 13.3 Å². The zero-order valence-electron chi connectivity index (χ0n) is 11.4. The van der Waals surface area contributed by atoms with Gasteiger partial charge in [0.1, 0.15) is 5.75 Å². The Balaban J connectivity index is 2.90. The van der Waals surface area contributed by atoms with Gasteiger partial charge in [-0.25, -0.2) is 8.42 Å². The van der Waals surface area contributed by atoms with Crippen molar-refractivity contribution in [2.75, 3.05) is 19.1 Å². The number of amides is 1. The number of sulfone groups is 1. The van der Waals surface area contributed by atoms with Gasteiger partial charge in [0.25, 0.3) is 0 Å². The van der Waals surface area contributed by atoms with Gasteiger partial charge in [-0.05, 0) is 12.8 Å². The maximum absolute atomic E-state index is 12.0. The van der Waals surface area contributed by atoms with E-state index in [-0.39, 0.29) is 6.42 Å². The van der Waals surface area contributed by atoms with Gasteiger partial charge in [-0.2, -0.15) is 0 Å². The molecule has 1 aliphatic carbocycles. The Bertz CT molecular complexity index is 451. The Morgan fingerprint density at radius 1 is 1.21 bits per heavy atom. The highest BCUT2D eigenvalue weighted by molar-refractivity contribution is 7.91. The van der Waals surface area contributed by atoms with Gasteiger partial charge in [0.15, 0.2) is 9.84 Å². The van der Waals surface area contributed by atoms with Crippen LogP contribution in [0.25, 0.3) is 0 Å². The van der Waals surface area contributed by atoms with Gasteiger partial charge in [0.05, 0.1) is 12.0 Å². The van der Waals surface area contributed by atoms with Crippen LogP contribution in [-0.4, -0.2) is 54.9 Å². The molecule has 1 fully saturated rings. The summed E-state index contributed by atoms with van der Waals surface area (Å²) in [6.07, 6.45) is 4.86. The van der Waals surface area contributed by atoms with Crippen LogP contribution in [0.3, 0.4) is 0 Å². The molecule has 0 aromatic carbocycles. The fraction of sp³-hybridized carbons (Fsp3) is 0.833. The highest BCUT2D eigenvalue weighted by Gasteiger charge is 2.40. The molecule has 0 atom stereocenters. The number of carbonyl (C=O) groups excluding carboxylic acids is 1. The van der Waals surface area contributed by atoms with E-state index in [1.807, 2.05) is 0 Å². The van der Waals surface area contributed by atoms with Crippen LogP contribution >= 0.6 is 0 Å². The predicted octanol–water partition coefficient (Wildman–Crippen LogP) is 0.667. The topological polar surface area (TPSA) is 91.8 Å². The van der Waals surface area contributed by atoms with Gasteiger partial charge >= 0.3 is 5.97 Å². The molecule has 0 spiro atoms. The second-order valence-electron chi connectivity index (χ2n) is 5.38. The van der Waals surface area contributed by atoms with Crippen LogP contribution in [0, 0.1) is 0 Å². The van der Waals surface area contributed by atoms with E-state index in [1.54, 1.807) is 0 Å². The molecule has 0 saturated heterocycles. The van der Waals surface area contributed by atoms with E-state index in [9.17, 15) is 18.0 Å². The molecule has 110 valence electrons. The third kappa shape index (κ3) is 4.49. The van der Waals surface area contributed by atoms with Gasteiger partial charge in [-0.3, -0.25) is 9.59 Å². The number of rotatable bonds is 5. The van der Waals surface area contributed by atoms with Crippen LogP contribution in [0.2, 0.25) is 0 Å². The molecule has 7 heteroatoms. The lowest BCUT2D eigenvalue weighted by atomic mass is 9.78. The molecule has 0 aromatic rings. The number of carbonyl (C=O) groups is 2. The first-order chi connectivity index (χ1) is 8.66. The first-order valence-electron chi connectivity index (χ1n) is 6.32. The van der Waals surface area contributed by atoms with Crippen molar-refractivity contribution in [2.45, 2.75) is 44.1 Å². The Hall–Kier alpha value is -1.11. The molecule has 0 unspecified atom stereocenters. The Morgan fingerprint density at radius 3 is 2.16 bits per heavy atom. The van der Waals surface area contributed by atoms with Gasteiger partial charge in [0.2, 0.25) is 5.91 Å². The van der Waals surface area contributed by atoms with Crippen molar-refractivity contribution in [1.82, 2.24) is 4.90 Å². The highest BCUT2D eigenvalue weighted by atomic mass is 32.2. The molecule has 0 bridgehead atoms. The molecule has 0 heterocycles. The molecule has 0 aromatic heterocycles. The van der Waals surface area contributed by atoms with Crippen LogP contribution in [0.15, 0.2) is 0 Å².